The van der Waals surface area contributed by atoms with Gasteiger partial charge in [-0.3, -0.25) is 4.79 Å². The Balaban J connectivity index is 1.70. The number of benzene rings is 2. The fraction of sp³-hybridized carbons (Fsp3) is 0.188. The van der Waals surface area contributed by atoms with Crippen molar-refractivity contribution in [1.29, 1.82) is 0 Å². The molecular weight excluding hydrogens is 292 g/mol. The summed E-state index contributed by atoms with van der Waals surface area (Å²) in [5, 5.41) is 2.74. The maximum atomic E-state index is 13.4. The summed E-state index contributed by atoms with van der Waals surface area (Å²) in [6.45, 7) is 0.393. The first-order chi connectivity index (χ1) is 10.1. The maximum absolute atomic E-state index is 13.4. The highest BCUT2D eigenvalue weighted by Crippen LogP contribution is 2.17. The lowest BCUT2D eigenvalue weighted by Gasteiger charge is -2.06. The molecule has 0 radical (unpaired) electrons. The topological polar surface area (TPSA) is 29.1 Å². The minimum absolute atomic E-state index is 0.124. The average Bonchev–Trinajstić information content (AvgIpc) is 2.49. The number of thioether (sulfide) groups is 1. The van der Waals surface area contributed by atoms with Gasteiger partial charge in [-0.1, -0.05) is 18.2 Å². The zero-order chi connectivity index (χ0) is 15.1. The smallest absolute Gasteiger partial charge is 0.230 e. The van der Waals surface area contributed by atoms with Crippen LogP contribution >= 0.6 is 11.8 Å². The van der Waals surface area contributed by atoms with Crippen molar-refractivity contribution in [2.24, 2.45) is 0 Å². The van der Waals surface area contributed by atoms with Crippen LogP contribution in [0.5, 0.6) is 0 Å². The Bertz CT molecular complexity index is 601. The molecule has 2 aromatic carbocycles. The van der Waals surface area contributed by atoms with Gasteiger partial charge in [0.1, 0.15) is 11.6 Å². The van der Waals surface area contributed by atoms with Crippen molar-refractivity contribution in [2.75, 3.05) is 12.3 Å². The van der Waals surface area contributed by atoms with Crippen LogP contribution < -0.4 is 5.32 Å². The number of amides is 1. The van der Waals surface area contributed by atoms with Crippen molar-refractivity contribution in [3.63, 3.8) is 0 Å². The second kappa shape index (κ2) is 7.78. The highest BCUT2D eigenvalue weighted by atomic mass is 32.2. The highest BCUT2D eigenvalue weighted by molar-refractivity contribution is 8.00. The molecule has 0 aliphatic rings. The van der Waals surface area contributed by atoms with E-state index >= 15 is 0 Å². The van der Waals surface area contributed by atoms with Crippen LogP contribution in [0.1, 0.15) is 5.56 Å². The molecule has 2 aromatic rings. The SMILES string of the molecule is O=C(CSc1ccc(F)cc1)NCCc1ccccc1F. The summed E-state index contributed by atoms with van der Waals surface area (Å²) in [5.74, 6) is -0.426. The minimum atomic E-state index is -0.298. The lowest BCUT2D eigenvalue weighted by molar-refractivity contribution is -0.118. The van der Waals surface area contributed by atoms with E-state index in [-0.39, 0.29) is 23.3 Å². The molecule has 0 spiro atoms. The summed E-state index contributed by atoms with van der Waals surface area (Å²) in [5.41, 5.74) is 0.587. The van der Waals surface area contributed by atoms with Gasteiger partial charge in [0.15, 0.2) is 0 Å². The van der Waals surface area contributed by atoms with Crippen molar-refractivity contribution in [3.8, 4) is 0 Å². The molecule has 0 unspecified atom stereocenters. The Kier molecular flexibility index (Phi) is 5.75. The van der Waals surface area contributed by atoms with E-state index in [1.807, 2.05) is 0 Å². The predicted octanol–water partition coefficient (Wildman–Crippen LogP) is 3.42. The molecule has 0 aliphatic carbocycles. The number of carbonyl (C=O) groups is 1. The van der Waals surface area contributed by atoms with E-state index in [2.05, 4.69) is 5.32 Å². The fourth-order valence-electron chi connectivity index (χ4n) is 1.77. The van der Waals surface area contributed by atoms with Gasteiger partial charge in [0.2, 0.25) is 5.91 Å². The Hall–Kier alpha value is -1.88. The van der Waals surface area contributed by atoms with Gasteiger partial charge in [-0.2, -0.15) is 0 Å². The molecule has 2 nitrogen and oxygen atoms in total. The van der Waals surface area contributed by atoms with Gasteiger partial charge in [-0.15, -0.1) is 11.8 Å². The fourth-order valence-corrected chi connectivity index (χ4v) is 2.50. The third kappa shape index (κ3) is 5.19. The van der Waals surface area contributed by atoms with Gasteiger partial charge in [0.05, 0.1) is 5.75 Å². The summed E-state index contributed by atoms with van der Waals surface area (Å²) in [6, 6.07) is 12.5. The molecule has 0 aromatic heterocycles. The number of hydrogen-bond acceptors (Lipinski definition) is 2. The number of halogens is 2. The first-order valence-corrected chi connectivity index (χ1v) is 7.52. The second-order valence-corrected chi connectivity index (χ2v) is 5.48. The summed E-state index contributed by atoms with van der Waals surface area (Å²) in [7, 11) is 0. The lowest BCUT2D eigenvalue weighted by Crippen LogP contribution is -2.27. The van der Waals surface area contributed by atoms with E-state index < -0.39 is 0 Å². The van der Waals surface area contributed by atoms with Crippen LogP contribution in [0.4, 0.5) is 8.78 Å². The van der Waals surface area contributed by atoms with Crippen LogP contribution in [0.3, 0.4) is 0 Å². The van der Waals surface area contributed by atoms with E-state index in [1.54, 1.807) is 30.3 Å². The van der Waals surface area contributed by atoms with Crippen LogP contribution in [0, 0.1) is 11.6 Å². The Morgan fingerprint density at radius 1 is 1.05 bits per heavy atom. The molecule has 0 saturated carbocycles. The molecule has 0 bridgehead atoms. The molecular formula is C16H15F2NOS. The molecule has 1 amide bonds. The highest BCUT2D eigenvalue weighted by Gasteiger charge is 2.04. The lowest BCUT2D eigenvalue weighted by atomic mass is 10.1. The largest absolute Gasteiger partial charge is 0.355 e. The molecule has 0 atom stereocenters. The number of carbonyl (C=O) groups excluding carboxylic acids is 1. The molecule has 1 N–H and O–H groups in total. The van der Waals surface area contributed by atoms with E-state index in [9.17, 15) is 13.6 Å². The van der Waals surface area contributed by atoms with Gasteiger partial charge in [-0.05, 0) is 42.3 Å². The molecule has 2 rings (SSSR count). The van der Waals surface area contributed by atoms with Crippen LogP contribution in [0.2, 0.25) is 0 Å². The van der Waals surface area contributed by atoms with Gasteiger partial charge < -0.3 is 5.32 Å². The van der Waals surface area contributed by atoms with E-state index in [0.29, 0.717) is 18.5 Å². The Morgan fingerprint density at radius 3 is 2.48 bits per heavy atom. The van der Waals surface area contributed by atoms with Gasteiger partial charge in [0, 0.05) is 11.4 Å². The van der Waals surface area contributed by atoms with E-state index in [4.69, 9.17) is 0 Å². The maximum Gasteiger partial charge on any atom is 0.230 e. The second-order valence-electron chi connectivity index (χ2n) is 4.43. The zero-order valence-electron chi connectivity index (χ0n) is 11.3. The third-order valence-corrected chi connectivity index (χ3v) is 3.87. The number of hydrogen-bond donors (Lipinski definition) is 1. The van der Waals surface area contributed by atoms with Crippen molar-refractivity contribution < 1.29 is 13.6 Å². The Labute approximate surface area is 126 Å². The first kappa shape index (κ1) is 15.5. The summed E-state index contributed by atoms with van der Waals surface area (Å²) >= 11 is 1.33. The molecule has 21 heavy (non-hydrogen) atoms. The van der Waals surface area contributed by atoms with Gasteiger partial charge in [0.25, 0.3) is 0 Å². The van der Waals surface area contributed by atoms with Gasteiger partial charge >= 0.3 is 0 Å². The quantitative estimate of drug-likeness (QED) is 0.829. The monoisotopic (exact) mass is 307 g/mol. The van der Waals surface area contributed by atoms with Crippen LogP contribution in [0.15, 0.2) is 53.4 Å². The molecule has 110 valence electrons. The molecule has 5 heteroatoms. The minimum Gasteiger partial charge on any atom is -0.355 e. The zero-order valence-corrected chi connectivity index (χ0v) is 12.1. The van der Waals surface area contributed by atoms with Crippen molar-refractivity contribution in [1.82, 2.24) is 5.32 Å². The molecule has 0 heterocycles. The molecule has 0 aliphatic heterocycles. The summed E-state index contributed by atoms with van der Waals surface area (Å²) < 4.78 is 26.1. The van der Waals surface area contributed by atoms with Crippen LogP contribution in [0.25, 0.3) is 0 Å². The normalized spacial score (nSPS) is 10.4. The van der Waals surface area contributed by atoms with Crippen molar-refractivity contribution >= 4 is 17.7 Å². The Morgan fingerprint density at radius 2 is 1.76 bits per heavy atom. The average molecular weight is 307 g/mol. The van der Waals surface area contributed by atoms with Crippen molar-refractivity contribution in [3.05, 3.63) is 65.7 Å². The first-order valence-electron chi connectivity index (χ1n) is 6.53. The van der Waals surface area contributed by atoms with Crippen LogP contribution in [-0.4, -0.2) is 18.2 Å². The van der Waals surface area contributed by atoms with Crippen molar-refractivity contribution in [2.45, 2.75) is 11.3 Å². The van der Waals surface area contributed by atoms with E-state index in [0.717, 1.165) is 4.90 Å². The number of rotatable bonds is 6. The number of nitrogens with one attached hydrogen (secondary N) is 1. The molecule has 0 saturated heterocycles. The third-order valence-electron chi connectivity index (χ3n) is 2.86. The van der Waals surface area contributed by atoms with Gasteiger partial charge in [-0.25, -0.2) is 8.78 Å². The molecule has 0 fully saturated rings. The summed E-state index contributed by atoms with van der Waals surface area (Å²) in [6.07, 6.45) is 0.458. The van der Waals surface area contributed by atoms with E-state index in [1.165, 1.54) is 30.0 Å². The summed E-state index contributed by atoms with van der Waals surface area (Å²) in [4.78, 5) is 12.5. The predicted molar refractivity (Wildman–Crippen MR) is 80.2 cm³/mol. The standard InChI is InChI=1S/C16H15F2NOS/c17-13-5-7-14(8-6-13)21-11-16(20)19-10-9-12-3-1-2-4-15(12)18/h1-8H,9-11H2,(H,19,20). The van der Waals surface area contributed by atoms with Crippen LogP contribution in [-0.2, 0) is 11.2 Å².